The van der Waals surface area contributed by atoms with E-state index in [1.54, 1.807) is 4.90 Å². The number of amides is 2. The van der Waals surface area contributed by atoms with Crippen LogP contribution in [-0.2, 0) is 14.3 Å². The lowest BCUT2D eigenvalue weighted by atomic mass is 9.96. The van der Waals surface area contributed by atoms with Crippen molar-refractivity contribution in [3.8, 4) is 0 Å². The highest BCUT2D eigenvalue weighted by Gasteiger charge is 2.33. The maximum atomic E-state index is 12.4. The maximum absolute atomic E-state index is 12.4. The molecule has 2 saturated heterocycles. The first-order valence-corrected chi connectivity index (χ1v) is 9.10. The van der Waals surface area contributed by atoms with Crippen LogP contribution < -0.4 is 5.32 Å². The number of rotatable bonds is 5. The fraction of sp³-hybridized carbons (Fsp3) is 0.824. The van der Waals surface area contributed by atoms with Crippen molar-refractivity contribution in [1.29, 1.82) is 0 Å². The Balaban J connectivity index is 0.00000105. The molecular formula is C17H31N3O6. The average Bonchev–Trinajstić information content (AvgIpc) is 2.67. The van der Waals surface area contributed by atoms with E-state index in [9.17, 15) is 9.59 Å². The lowest BCUT2D eigenvalue weighted by Crippen LogP contribution is -2.52. The summed E-state index contributed by atoms with van der Waals surface area (Å²) in [4.78, 5) is 36.4. The Morgan fingerprint density at radius 1 is 1.19 bits per heavy atom. The molecule has 9 heteroatoms. The first kappa shape index (κ1) is 22.2. The number of aliphatic hydroxyl groups excluding tert-OH is 1. The van der Waals surface area contributed by atoms with Gasteiger partial charge in [0.1, 0.15) is 6.04 Å². The summed E-state index contributed by atoms with van der Waals surface area (Å²) in [7, 11) is 1.35. The molecule has 26 heavy (non-hydrogen) atoms. The topological polar surface area (TPSA) is 119 Å². The zero-order chi connectivity index (χ0) is 19.4. The molecule has 2 rings (SSSR count). The molecular weight excluding hydrogens is 342 g/mol. The molecule has 2 heterocycles. The molecule has 2 amide bonds. The van der Waals surface area contributed by atoms with Gasteiger partial charge in [-0.25, -0.2) is 4.79 Å². The van der Waals surface area contributed by atoms with Crippen molar-refractivity contribution in [3.63, 3.8) is 0 Å². The number of β-amino-alcohol motifs (C(OH)–C–C–N with tert-alkyl or cyclic N) is 1. The van der Waals surface area contributed by atoms with Crippen molar-refractivity contribution in [2.24, 2.45) is 5.92 Å². The van der Waals surface area contributed by atoms with Crippen LogP contribution in [0.15, 0.2) is 0 Å². The number of carbonyl (C=O) groups excluding carboxylic acids is 2. The van der Waals surface area contributed by atoms with Gasteiger partial charge in [0, 0.05) is 19.6 Å². The highest BCUT2D eigenvalue weighted by Crippen LogP contribution is 2.19. The van der Waals surface area contributed by atoms with Gasteiger partial charge < -0.3 is 25.2 Å². The van der Waals surface area contributed by atoms with Gasteiger partial charge in [0.15, 0.2) is 0 Å². The van der Waals surface area contributed by atoms with Crippen LogP contribution in [0.25, 0.3) is 0 Å². The van der Waals surface area contributed by atoms with Crippen LogP contribution in [0.4, 0.5) is 4.79 Å². The number of hydrogen-bond donors (Lipinski definition) is 3. The van der Waals surface area contributed by atoms with Gasteiger partial charge in [-0.05, 0) is 51.1 Å². The molecule has 2 aliphatic rings. The predicted octanol–water partition coefficient (Wildman–Crippen LogP) is 0.129. The third-order valence-corrected chi connectivity index (χ3v) is 4.90. The maximum Gasteiger partial charge on any atom is 0.410 e. The molecule has 3 N–H and O–H groups in total. The fourth-order valence-corrected chi connectivity index (χ4v) is 3.46. The van der Waals surface area contributed by atoms with Gasteiger partial charge in [0.25, 0.3) is 6.47 Å². The molecule has 0 aromatic heterocycles. The van der Waals surface area contributed by atoms with E-state index in [0.29, 0.717) is 25.4 Å². The van der Waals surface area contributed by atoms with Crippen LogP contribution in [0.3, 0.4) is 0 Å². The normalized spacial score (nSPS) is 21.3. The molecule has 2 fully saturated rings. The minimum absolute atomic E-state index is 0.0621. The minimum atomic E-state index is -0.415. The Morgan fingerprint density at radius 2 is 1.85 bits per heavy atom. The van der Waals surface area contributed by atoms with E-state index in [1.165, 1.54) is 7.11 Å². The minimum Gasteiger partial charge on any atom is -0.483 e. The molecule has 150 valence electrons. The summed E-state index contributed by atoms with van der Waals surface area (Å²) in [6.07, 6.45) is 4.24. The fourth-order valence-electron chi connectivity index (χ4n) is 3.46. The molecule has 0 aliphatic carbocycles. The molecule has 0 radical (unpaired) electrons. The summed E-state index contributed by atoms with van der Waals surface area (Å²) in [5, 5.41) is 18.9. The summed E-state index contributed by atoms with van der Waals surface area (Å²) < 4.78 is 4.78. The predicted molar refractivity (Wildman–Crippen MR) is 94.7 cm³/mol. The van der Waals surface area contributed by atoms with E-state index in [0.717, 1.165) is 45.3 Å². The van der Waals surface area contributed by atoms with Gasteiger partial charge in [-0.2, -0.15) is 0 Å². The lowest BCUT2D eigenvalue weighted by molar-refractivity contribution is -0.127. The van der Waals surface area contributed by atoms with Crippen LogP contribution in [0.2, 0.25) is 0 Å². The molecule has 1 atom stereocenters. The Labute approximate surface area is 154 Å². The van der Waals surface area contributed by atoms with Crippen LogP contribution >= 0.6 is 0 Å². The van der Waals surface area contributed by atoms with Gasteiger partial charge in [-0.15, -0.1) is 0 Å². The van der Waals surface area contributed by atoms with E-state index in [2.05, 4.69) is 10.2 Å². The highest BCUT2D eigenvalue weighted by atomic mass is 16.5. The number of carboxylic acid groups (broad SMARTS) is 1. The van der Waals surface area contributed by atoms with Gasteiger partial charge in [-0.1, -0.05) is 0 Å². The number of carbonyl (C=O) groups is 3. The molecule has 0 spiro atoms. The Morgan fingerprint density at radius 3 is 2.42 bits per heavy atom. The smallest absolute Gasteiger partial charge is 0.410 e. The van der Waals surface area contributed by atoms with Crippen molar-refractivity contribution in [1.82, 2.24) is 15.1 Å². The molecule has 0 aromatic carbocycles. The summed E-state index contributed by atoms with van der Waals surface area (Å²) in [5.41, 5.74) is 0. The van der Waals surface area contributed by atoms with Crippen molar-refractivity contribution < 1.29 is 29.3 Å². The van der Waals surface area contributed by atoms with Crippen LogP contribution in [0.1, 0.15) is 32.1 Å². The molecule has 1 unspecified atom stereocenters. The first-order chi connectivity index (χ1) is 12.6. The largest absolute Gasteiger partial charge is 0.483 e. The van der Waals surface area contributed by atoms with Gasteiger partial charge in [-0.3, -0.25) is 14.5 Å². The number of aliphatic hydroxyl groups is 1. The van der Waals surface area contributed by atoms with E-state index in [4.69, 9.17) is 19.7 Å². The van der Waals surface area contributed by atoms with Crippen molar-refractivity contribution in [2.45, 2.75) is 38.1 Å². The molecule has 0 aromatic rings. The second-order valence-electron chi connectivity index (χ2n) is 6.53. The SMILES string of the molecule is COC(=O)N1CCCCC1C(=O)NCC1CCN(CCO)CC1.O=CO. The van der Waals surface area contributed by atoms with Gasteiger partial charge in [0.05, 0.1) is 13.7 Å². The van der Waals surface area contributed by atoms with Gasteiger partial charge in [0.2, 0.25) is 5.91 Å². The second kappa shape index (κ2) is 12.5. The number of methoxy groups -OCH3 is 1. The van der Waals surface area contributed by atoms with E-state index in [-0.39, 0.29) is 19.0 Å². The summed E-state index contributed by atoms with van der Waals surface area (Å²) >= 11 is 0. The zero-order valence-corrected chi connectivity index (χ0v) is 15.4. The van der Waals surface area contributed by atoms with Crippen molar-refractivity contribution >= 4 is 18.5 Å². The highest BCUT2D eigenvalue weighted by molar-refractivity contribution is 5.85. The van der Waals surface area contributed by atoms with E-state index >= 15 is 0 Å². The van der Waals surface area contributed by atoms with Crippen LogP contribution in [0, 0.1) is 5.92 Å². The number of likely N-dealkylation sites (tertiary alicyclic amines) is 2. The standard InChI is InChI=1S/C16H29N3O4.CH2O2/c1-23-16(22)19-7-3-2-4-14(19)15(21)17-12-13-5-8-18(9-6-13)10-11-20;2-1-3/h13-14,20H,2-12H2,1H3,(H,17,21);1H,(H,2,3). The zero-order valence-electron chi connectivity index (χ0n) is 15.4. The third kappa shape index (κ3) is 7.17. The average molecular weight is 373 g/mol. The lowest BCUT2D eigenvalue weighted by Gasteiger charge is -2.35. The molecule has 0 bridgehead atoms. The third-order valence-electron chi connectivity index (χ3n) is 4.90. The summed E-state index contributed by atoms with van der Waals surface area (Å²) in [6, 6.07) is -0.398. The van der Waals surface area contributed by atoms with E-state index < -0.39 is 12.1 Å². The molecule has 9 nitrogen and oxygen atoms in total. The second-order valence-corrected chi connectivity index (χ2v) is 6.53. The Hall–Kier alpha value is -1.87. The monoisotopic (exact) mass is 373 g/mol. The summed E-state index contributed by atoms with van der Waals surface area (Å²) in [6.45, 7) is 3.88. The number of hydrogen-bond acceptors (Lipinski definition) is 6. The number of ether oxygens (including phenoxy) is 1. The number of nitrogens with zero attached hydrogens (tertiary/aromatic N) is 2. The van der Waals surface area contributed by atoms with Crippen LogP contribution in [0.5, 0.6) is 0 Å². The van der Waals surface area contributed by atoms with Crippen LogP contribution in [-0.4, -0.2) is 91.0 Å². The molecule has 0 saturated carbocycles. The number of piperidine rings is 2. The summed E-state index contributed by atoms with van der Waals surface area (Å²) in [5.74, 6) is 0.414. The Kier molecular flexibility index (Phi) is 10.6. The quantitative estimate of drug-likeness (QED) is 0.586. The molecule has 2 aliphatic heterocycles. The van der Waals surface area contributed by atoms with Gasteiger partial charge >= 0.3 is 6.09 Å². The van der Waals surface area contributed by atoms with Crippen molar-refractivity contribution in [3.05, 3.63) is 0 Å². The Bertz CT molecular complexity index is 440. The van der Waals surface area contributed by atoms with E-state index in [1.807, 2.05) is 0 Å². The number of nitrogens with one attached hydrogen (secondary N) is 1. The van der Waals surface area contributed by atoms with Crippen molar-refractivity contribution in [2.75, 3.05) is 46.4 Å². The first-order valence-electron chi connectivity index (χ1n) is 9.10.